The third-order valence-electron chi connectivity index (χ3n) is 13.3. The van der Waals surface area contributed by atoms with E-state index in [1.54, 1.807) is 0 Å². The fraction of sp³-hybridized carbons (Fsp3) is 0.367. The largest absolute Gasteiger partial charge is 0.469 e. The lowest BCUT2D eigenvalue weighted by Crippen LogP contribution is -2.45. The number of hydrogen-bond donors (Lipinski definition) is 3. The van der Waals surface area contributed by atoms with Crippen LogP contribution in [0.3, 0.4) is 0 Å². The van der Waals surface area contributed by atoms with Crippen LogP contribution in [-0.4, -0.2) is 104 Å². The van der Waals surface area contributed by atoms with E-state index in [1.165, 1.54) is 13.8 Å². The number of nitrogens with zero attached hydrogens (tertiary/aromatic N) is 8. The Morgan fingerprint density at radius 3 is 2.17 bits per heavy atom. The summed E-state index contributed by atoms with van der Waals surface area (Å²) in [7, 11) is -13.5. The third-order valence-corrected chi connectivity index (χ3v) is 17.1. The van der Waals surface area contributed by atoms with Crippen molar-refractivity contribution >= 4 is 79.5 Å². The number of carbonyl (C=O) groups is 3. The highest BCUT2D eigenvalue weighted by atomic mass is 35.5. The maximum Gasteiger partial charge on any atom is 0.469 e. The number of halogens is 11. The molecule has 3 atom stereocenters. The smallest absolute Gasteiger partial charge is 0.346 e. The molecule has 0 radical (unpaired) electrons. The molecule has 3 amide bonds. The Balaban J connectivity index is 1.36. The van der Waals surface area contributed by atoms with Crippen LogP contribution >= 0.6 is 19.4 Å². The molecule has 0 saturated heterocycles. The van der Waals surface area contributed by atoms with Gasteiger partial charge in [0.15, 0.2) is 27.1 Å². The molecule has 4 heterocycles. The summed E-state index contributed by atoms with van der Waals surface area (Å²) in [5.41, 5.74) is -7.14. The maximum atomic E-state index is 15.7. The number of sulfonamides is 1. The van der Waals surface area contributed by atoms with Crippen LogP contribution in [0.25, 0.3) is 22.0 Å². The number of nitrogens with one attached hydrogen (secondary N) is 1. The van der Waals surface area contributed by atoms with Gasteiger partial charge in [-0.2, -0.15) is 49.6 Å². The van der Waals surface area contributed by atoms with Gasteiger partial charge >= 0.3 is 26.2 Å². The standard InChI is InChI=1S/C49H43ClF10N9O11PS2/c1-23(70)25-16-26(21-80-81(73,74)75)43(61-19-25)66(4)45(72)69(83(6,78)79)44-38-34(50)10-9-31(40(38)68(65-44)22-47(53,54)55)30-8-7-29(11-12-46(2,3)82(5,76)77)62-39(30)35(15-24-13-27(51)17-28(52)14-24)63-36(71)20-67-42-37(41(64-67)49(58,59)60)32-18-33(32)48(42,56)57/h7-10,13-14,16-17,19,32-33,35H,15,18,20-22H2,1-6H3,(H,63,71)(H2,73,74,75)/t32-,33+,35-/m0/s1. The van der Waals surface area contributed by atoms with Gasteiger partial charge in [-0.1, -0.05) is 23.6 Å². The molecule has 2 aliphatic carbocycles. The van der Waals surface area contributed by atoms with Crippen molar-refractivity contribution in [1.29, 1.82) is 0 Å². The van der Waals surface area contributed by atoms with Crippen molar-refractivity contribution in [1.82, 2.24) is 34.8 Å². The zero-order valence-corrected chi connectivity index (χ0v) is 46.8. The Labute approximate surface area is 469 Å². The highest BCUT2D eigenvalue weighted by Crippen LogP contribution is 2.68. The van der Waals surface area contributed by atoms with Gasteiger partial charge in [0.25, 0.3) is 5.92 Å². The van der Waals surface area contributed by atoms with E-state index >= 15 is 8.78 Å². The summed E-state index contributed by atoms with van der Waals surface area (Å²) in [6.45, 7) is -1.04. The number of sulfone groups is 1. The number of alkyl halides is 8. The Bertz CT molecular complexity index is 4030. The fourth-order valence-electron chi connectivity index (χ4n) is 9.27. The molecule has 0 aliphatic heterocycles. The number of phosphoric acid groups is 1. The lowest BCUT2D eigenvalue weighted by Gasteiger charge is -2.26. The lowest BCUT2D eigenvalue weighted by atomic mass is 9.93. The highest BCUT2D eigenvalue weighted by molar-refractivity contribution is 7.93. The number of phosphoric ester groups is 1. The molecule has 83 heavy (non-hydrogen) atoms. The molecule has 0 bridgehead atoms. The van der Waals surface area contributed by atoms with E-state index in [1.807, 2.05) is 0 Å². The quantitative estimate of drug-likeness (QED) is 0.0355. The van der Waals surface area contributed by atoms with Gasteiger partial charge in [-0.25, -0.2) is 44.9 Å². The first-order valence-electron chi connectivity index (χ1n) is 23.9. The van der Waals surface area contributed by atoms with Gasteiger partial charge in [0, 0.05) is 59.3 Å². The molecule has 444 valence electrons. The molecule has 8 rings (SSSR count). The molecule has 1 saturated carbocycles. The average Bonchev–Trinajstić information content (AvgIpc) is 1.56. The normalized spacial score (nSPS) is 16.4. The molecule has 0 spiro atoms. The number of rotatable bonds is 16. The predicted octanol–water partition coefficient (Wildman–Crippen LogP) is 8.52. The van der Waals surface area contributed by atoms with Crippen LogP contribution < -0.4 is 14.5 Å². The summed E-state index contributed by atoms with van der Waals surface area (Å²) in [5, 5.41) is 8.38. The minimum Gasteiger partial charge on any atom is -0.346 e. The number of aromatic nitrogens is 6. The van der Waals surface area contributed by atoms with Crippen molar-refractivity contribution in [2.24, 2.45) is 5.92 Å². The van der Waals surface area contributed by atoms with Crippen LogP contribution in [0.15, 0.2) is 54.7 Å². The molecule has 20 nitrogen and oxygen atoms in total. The molecule has 0 unspecified atom stereocenters. The summed E-state index contributed by atoms with van der Waals surface area (Å²) < 4.78 is 217. The number of anilines is 2. The monoisotopic (exact) mass is 1250 g/mol. The highest BCUT2D eigenvalue weighted by Gasteiger charge is 2.68. The predicted molar refractivity (Wildman–Crippen MR) is 275 cm³/mol. The van der Waals surface area contributed by atoms with Crippen LogP contribution in [0.2, 0.25) is 5.02 Å². The summed E-state index contributed by atoms with van der Waals surface area (Å²) in [6, 6.07) is 3.60. The average molecular weight is 1250 g/mol. The number of carbonyl (C=O) groups excluding carboxylic acids is 3. The molecular weight excluding hydrogens is 1210 g/mol. The minimum absolute atomic E-state index is 0.113. The van der Waals surface area contributed by atoms with Crippen molar-refractivity contribution in [2.75, 3.05) is 28.8 Å². The Morgan fingerprint density at radius 1 is 0.952 bits per heavy atom. The molecule has 3 N–H and O–H groups in total. The van der Waals surface area contributed by atoms with Gasteiger partial charge in [-0.05, 0) is 87.4 Å². The molecule has 2 aromatic carbocycles. The third kappa shape index (κ3) is 12.9. The maximum absolute atomic E-state index is 15.7. The summed E-state index contributed by atoms with van der Waals surface area (Å²) in [6.07, 6.45) is -9.45. The van der Waals surface area contributed by atoms with Crippen LogP contribution in [-0.2, 0) is 72.0 Å². The van der Waals surface area contributed by atoms with E-state index in [2.05, 4.69) is 41.8 Å². The van der Waals surface area contributed by atoms with Gasteiger partial charge in [0.2, 0.25) is 15.9 Å². The number of benzene rings is 2. The molecule has 4 aromatic heterocycles. The second kappa shape index (κ2) is 21.6. The van der Waals surface area contributed by atoms with E-state index in [0.717, 1.165) is 68.9 Å². The van der Waals surface area contributed by atoms with Gasteiger partial charge in [-0.15, -0.1) is 0 Å². The molecule has 34 heteroatoms. The van der Waals surface area contributed by atoms with Crippen molar-refractivity contribution < 1.29 is 94.0 Å². The van der Waals surface area contributed by atoms with Gasteiger partial charge in [0.1, 0.15) is 46.7 Å². The van der Waals surface area contributed by atoms with Gasteiger partial charge in [-0.3, -0.25) is 28.4 Å². The zero-order valence-electron chi connectivity index (χ0n) is 43.5. The van der Waals surface area contributed by atoms with Crippen LogP contribution in [0.1, 0.15) is 89.0 Å². The number of hydrogen-bond acceptors (Lipinski definition) is 13. The lowest BCUT2D eigenvalue weighted by molar-refractivity contribution is -0.143. The zero-order chi connectivity index (χ0) is 61.6. The first-order valence-corrected chi connectivity index (χ1v) is 29.5. The molecule has 2 aliphatic rings. The molecule has 1 fully saturated rings. The van der Waals surface area contributed by atoms with Crippen molar-refractivity contribution in [3.05, 3.63) is 116 Å². The Kier molecular flexibility index (Phi) is 16.1. The van der Waals surface area contributed by atoms with Crippen LogP contribution in [0, 0.1) is 29.4 Å². The van der Waals surface area contributed by atoms with Crippen molar-refractivity contribution in [2.45, 2.75) is 88.3 Å². The minimum atomic E-state index is -5.29. The van der Waals surface area contributed by atoms with Crippen molar-refractivity contribution in [3.8, 4) is 23.0 Å². The topological polar surface area (TPSA) is 266 Å². The second-order valence-corrected chi connectivity index (χ2v) is 26.0. The summed E-state index contributed by atoms with van der Waals surface area (Å²) >= 11 is 6.73. The first kappa shape index (κ1) is 62.0. The van der Waals surface area contributed by atoms with E-state index in [4.69, 9.17) is 11.6 Å². The van der Waals surface area contributed by atoms with E-state index in [-0.39, 0.29) is 36.9 Å². The van der Waals surface area contributed by atoms with Gasteiger partial charge < -0.3 is 15.1 Å². The fourth-order valence-corrected chi connectivity index (χ4v) is 10.9. The van der Waals surface area contributed by atoms with E-state index in [9.17, 15) is 80.7 Å². The van der Waals surface area contributed by atoms with Crippen LogP contribution in [0.5, 0.6) is 0 Å². The number of amides is 3. The number of pyridine rings is 2. The number of fused-ring (bicyclic) bond motifs is 4. The van der Waals surface area contributed by atoms with Crippen LogP contribution in [0.4, 0.5) is 60.3 Å². The Hall–Kier alpha value is -7.01. The summed E-state index contributed by atoms with van der Waals surface area (Å²) in [5.74, 6) is -7.78. The summed E-state index contributed by atoms with van der Waals surface area (Å²) in [4.78, 5) is 69.1. The first-order chi connectivity index (χ1) is 38.1. The van der Waals surface area contributed by atoms with E-state index in [0.29, 0.717) is 17.2 Å². The van der Waals surface area contributed by atoms with Crippen molar-refractivity contribution in [3.63, 3.8) is 0 Å². The second-order valence-electron chi connectivity index (χ2n) is 19.9. The SMILES string of the molecule is CC(=O)c1cnc(N(C)C(=O)N(c2nn(CC(F)(F)F)c3c(-c4ccc(C#CC(C)(C)S(C)(=O)=O)nc4[C@H](Cc4cc(F)cc(F)c4)NC(=O)Cn4nc(C(F)(F)F)c5c4C(F)(F)[C@@H]4C[C@H]54)ccc(Cl)c23)S(C)(=O)=O)c(COP(=O)(O)O)c1. The molecule has 6 aromatic rings. The van der Waals surface area contributed by atoms with E-state index < -0.39 is 191 Å². The van der Waals surface area contributed by atoms with Gasteiger partial charge in [0.05, 0.1) is 40.5 Å². The number of Topliss-reactive ketones (excluding diaryl/α,β-unsaturated/α-hetero) is 1. The Morgan fingerprint density at radius 2 is 1.59 bits per heavy atom. The number of ketones is 1. The molecular formula is C49H43ClF10N9O11PS2. The number of urea groups is 1.